The first kappa shape index (κ1) is 21.3. The van der Waals surface area contributed by atoms with Crippen LogP contribution >= 0.6 is 11.8 Å². The van der Waals surface area contributed by atoms with Crippen LogP contribution in [0, 0.1) is 0 Å². The van der Waals surface area contributed by atoms with E-state index in [1.54, 1.807) is 19.2 Å². The van der Waals surface area contributed by atoms with Gasteiger partial charge in [-0.3, -0.25) is 0 Å². The molecule has 160 valence electrons. The summed E-state index contributed by atoms with van der Waals surface area (Å²) >= 11 is 1.89. The number of hydrogen-bond donors (Lipinski definition) is 0. The Bertz CT molecular complexity index is 875. The van der Waals surface area contributed by atoms with Gasteiger partial charge >= 0.3 is 6.18 Å². The lowest BCUT2D eigenvalue weighted by atomic mass is 9.88. The van der Waals surface area contributed by atoms with Gasteiger partial charge in [0.15, 0.2) is 0 Å². The van der Waals surface area contributed by atoms with Crippen LogP contribution in [0.15, 0.2) is 55.1 Å². The highest BCUT2D eigenvalue weighted by Crippen LogP contribution is 2.42. The van der Waals surface area contributed by atoms with Crippen LogP contribution in [0.4, 0.5) is 13.2 Å². The monoisotopic (exact) mass is 433 g/mol. The third-order valence-electron chi connectivity index (χ3n) is 6.39. The van der Waals surface area contributed by atoms with E-state index in [-0.39, 0.29) is 11.5 Å². The Morgan fingerprint density at radius 1 is 1.03 bits per heavy atom. The summed E-state index contributed by atoms with van der Waals surface area (Å²) in [4.78, 5) is 2.28. The number of ether oxygens (including phenoxy) is 1. The molecular weight excluding hydrogens is 407 g/mol. The summed E-state index contributed by atoms with van der Waals surface area (Å²) < 4.78 is 44.1. The maximum absolute atomic E-state index is 12.8. The normalized spacial score (nSPS) is 19.4. The van der Waals surface area contributed by atoms with Gasteiger partial charge < -0.3 is 9.64 Å². The van der Waals surface area contributed by atoms with Crippen molar-refractivity contribution in [3.05, 3.63) is 77.4 Å². The van der Waals surface area contributed by atoms with Crippen molar-refractivity contribution < 1.29 is 17.9 Å². The lowest BCUT2D eigenvalue weighted by Crippen LogP contribution is -2.42. The fourth-order valence-electron chi connectivity index (χ4n) is 4.27. The Morgan fingerprint density at radius 3 is 2.10 bits per heavy atom. The molecule has 0 saturated carbocycles. The zero-order valence-electron chi connectivity index (χ0n) is 17.0. The van der Waals surface area contributed by atoms with Gasteiger partial charge in [0.05, 0.1) is 5.56 Å². The van der Waals surface area contributed by atoms with Gasteiger partial charge in [0, 0.05) is 37.4 Å². The summed E-state index contributed by atoms with van der Waals surface area (Å²) in [6.45, 7) is 6.00. The Labute approximate surface area is 180 Å². The molecule has 4 rings (SSSR count). The number of halogens is 3. The van der Waals surface area contributed by atoms with E-state index in [1.165, 1.54) is 17.7 Å². The van der Waals surface area contributed by atoms with E-state index in [4.69, 9.17) is 4.74 Å². The van der Waals surface area contributed by atoms with Crippen LogP contribution < -0.4 is 0 Å². The second-order valence-electron chi connectivity index (χ2n) is 8.10. The Kier molecular flexibility index (Phi) is 5.90. The van der Waals surface area contributed by atoms with Gasteiger partial charge in [-0.1, -0.05) is 43.0 Å². The van der Waals surface area contributed by atoms with Crippen molar-refractivity contribution in [1.82, 2.24) is 4.90 Å². The molecule has 2 aliphatic heterocycles. The van der Waals surface area contributed by atoms with Crippen LogP contribution in [-0.2, 0) is 16.5 Å². The molecule has 2 aliphatic rings. The number of likely N-dealkylation sites (tertiary alicyclic amines) is 1. The number of rotatable bonds is 5. The highest BCUT2D eigenvalue weighted by atomic mass is 32.2. The minimum absolute atomic E-state index is 0.148. The number of benzene rings is 2. The molecule has 0 atom stereocenters. The van der Waals surface area contributed by atoms with Gasteiger partial charge in [0.25, 0.3) is 0 Å². The van der Waals surface area contributed by atoms with Gasteiger partial charge in [-0.15, -0.1) is 0 Å². The largest absolute Gasteiger partial charge is 0.416 e. The highest BCUT2D eigenvalue weighted by Gasteiger charge is 2.39. The molecule has 0 N–H and O–H groups in total. The summed E-state index contributed by atoms with van der Waals surface area (Å²) in [5.74, 6) is 2.26. The van der Waals surface area contributed by atoms with Crippen LogP contribution in [0.1, 0.15) is 41.0 Å². The summed E-state index contributed by atoms with van der Waals surface area (Å²) in [6, 6.07) is 14.1. The molecule has 0 aliphatic carbocycles. The second kappa shape index (κ2) is 8.31. The number of methoxy groups -OCH3 is 1. The van der Waals surface area contributed by atoms with Crippen molar-refractivity contribution >= 4 is 17.5 Å². The molecule has 2 heterocycles. The minimum Gasteiger partial charge on any atom is -0.372 e. The third kappa shape index (κ3) is 4.12. The van der Waals surface area contributed by atoms with E-state index in [2.05, 4.69) is 35.7 Å². The molecular formula is C24H26F3NOS. The molecule has 0 spiro atoms. The van der Waals surface area contributed by atoms with Crippen molar-refractivity contribution in [1.29, 1.82) is 0 Å². The number of thioether (sulfide) groups is 1. The van der Waals surface area contributed by atoms with Crippen LogP contribution in [0.5, 0.6) is 0 Å². The fourth-order valence-corrected chi connectivity index (χ4v) is 5.41. The predicted octanol–water partition coefficient (Wildman–Crippen LogP) is 6.14. The number of piperidine rings is 1. The first-order valence-corrected chi connectivity index (χ1v) is 11.3. The summed E-state index contributed by atoms with van der Waals surface area (Å²) in [5, 5.41) is 0. The van der Waals surface area contributed by atoms with Gasteiger partial charge in [-0.25, -0.2) is 0 Å². The molecule has 2 fully saturated rings. The van der Waals surface area contributed by atoms with Crippen molar-refractivity contribution in [3.8, 4) is 0 Å². The van der Waals surface area contributed by atoms with Crippen molar-refractivity contribution in [2.75, 3.05) is 31.7 Å². The molecule has 0 aromatic heterocycles. The average Bonchev–Trinajstić information content (AvgIpc) is 2.73. The fraction of sp³-hybridized carbons (Fsp3) is 0.417. The van der Waals surface area contributed by atoms with Gasteiger partial charge in [0.1, 0.15) is 5.60 Å². The smallest absolute Gasteiger partial charge is 0.372 e. The van der Waals surface area contributed by atoms with Gasteiger partial charge in [-0.2, -0.15) is 24.9 Å². The molecule has 0 radical (unpaired) electrons. The van der Waals surface area contributed by atoms with Crippen molar-refractivity contribution in [3.63, 3.8) is 0 Å². The molecule has 2 aromatic carbocycles. The van der Waals surface area contributed by atoms with E-state index in [1.807, 2.05) is 11.8 Å². The van der Waals surface area contributed by atoms with Crippen LogP contribution in [0.2, 0.25) is 0 Å². The molecule has 0 unspecified atom stereocenters. The van der Waals surface area contributed by atoms with E-state index in [0.717, 1.165) is 54.3 Å². The molecule has 0 amide bonds. The van der Waals surface area contributed by atoms with Crippen LogP contribution in [0.25, 0.3) is 5.70 Å². The summed E-state index contributed by atoms with van der Waals surface area (Å²) in [7, 11) is 1.77. The van der Waals surface area contributed by atoms with E-state index >= 15 is 0 Å². The summed E-state index contributed by atoms with van der Waals surface area (Å²) in [6.07, 6.45) is -2.46. The molecule has 0 bridgehead atoms. The lowest BCUT2D eigenvalue weighted by molar-refractivity contribution is -0.137. The van der Waals surface area contributed by atoms with E-state index in [0.29, 0.717) is 0 Å². The second-order valence-corrected chi connectivity index (χ2v) is 9.08. The molecule has 30 heavy (non-hydrogen) atoms. The topological polar surface area (TPSA) is 12.5 Å². The van der Waals surface area contributed by atoms with Crippen molar-refractivity contribution in [2.45, 2.75) is 30.5 Å². The number of hydrogen-bond acceptors (Lipinski definition) is 3. The molecule has 2 saturated heterocycles. The lowest BCUT2D eigenvalue weighted by Gasteiger charge is -2.40. The van der Waals surface area contributed by atoms with E-state index < -0.39 is 11.7 Å². The average molecular weight is 434 g/mol. The maximum atomic E-state index is 12.8. The standard InChI is InChI=1S/C24H26F3NOS/c1-17(18-3-7-21(8-4-18)23(29-2)15-30-16-23)28-13-11-20(12-14-28)19-5-9-22(10-6-19)24(25,26)27/h3-10,20H,1,11-16H2,2H3. The first-order chi connectivity index (χ1) is 14.3. The van der Waals surface area contributed by atoms with Gasteiger partial charge in [-0.05, 0) is 47.6 Å². The quantitative estimate of drug-likeness (QED) is 0.562. The van der Waals surface area contributed by atoms with Crippen LogP contribution in [0.3, 0.4) is 0 Å². The minimum atomic E-state index is -4.28. The van der Waals surface area contributed by atoms with Gasteiger partial charge in [0.2, 0.25) is 0 Å². The zero-order chi connectivity index (χ0) is 21.4. The molecule has 2 nitrogen and oxygen atoms in total. The Balaban J connectivity index is 1.36. The molecule has 2 aromatic rings. The number of alkyl halides is 3. The zero-order valence-corrected chi connectivity index (χ0v) is 17.9. The van der Waals surface area contributed by atoms with E-state index in [9.17, 15) is 13.2 Å². The Morgan fingerprint density at radius 2 is 1.63 bits per heavy atom. The highest BCUT2D eigenvalue weighted by molar-refractivity contribution is 8.00. The SMILES string of the molecule is C=C(c1ccc(C2(OC)CSC2)cc1)N1CCC(c2ccc(C(F)(F)F)cc2)CC1. The first-order valence-electron chi connectivity index (χ1n) is 10.2. The number of nitrogens with zero attached hydrogens (tertiary/aromatic N) is 1. The van der Waals surface area contributed by atoms with Crippen LogP contribution in [-0.4, -0.2) is 36.6 Å². The Hall–Kier alpha value is -1.92. The summed E-state index contributed by atoms with van der Waals surface area (Å²) in [5.41, 5.74) is 3.56. The molecule has 6 heteroatoms. The van der Waals surface area contributed by atoms with Crippen molar-refractivity contribution in [2.24, 2.45) is 0 Å². The predicted molar refractivity (Wildman–Crippen MR) is 116 cm³/mol. The third-order valence-corrected chi connectivity index (χ3v) is 7.73. The maximum Gasteiger partial charge on any atom is 0.416 e.